The van der Waals surface area contributed by atoms with Crippen LogP contribution >= 0.6 is 0 Å². The van der Waals surface area contributed by atoms with E-state index in [4.69, 9.17) is 14.2 Å². The van der Waals surface area contributed by atoms with Crippen LogP contribution in [0.1, 0.15) is 168 Å². The van der Waals surface area contributed by atoms with E-state index in [-0.39, 0.29) is 0 Å². The molecule has 41 heavy (non-hydrogen) atoms. The second kappa shape index (κ2) is 38.8. The first-order valence-electron chi connectivity index (χ1n) is 17.7. The zero-order chi connectivity index (χ0) is 29.6. The third kappa shape index (κ3) is 38.8. The first kappa shape index (κ1) is 39.8. The summed E-state index contributed by atoms with van der Waals surface area (Å²) in [5.41, 5.74) is 0. The average molecular weight is 575 g/mol. The molecule has 0 aromatic carbocycles. The van der Waals surface area contributed by atoms with E-state index in [0.717, 1.165) is 12.8 Å². The molecular formula is C38H70O3. The van der Waals surface area contributed by atoms with Crippen molar-refractivity contribution in [3.8, 4) is 0 Å². The molecule has 0 radical (unpaired) electrons. The van der Waals surface area contributed by atoms with Crippen molar-refractivity contribution < 1.29 is 14.2 Å². The van der Waals surface area contributed by atoms with E-state index in [9.17, 15) is 0 Å². The van der Waals surface area contributed by atoms with Crippen molar-refractivity contribution in [2.75, 3.05) is 26.8 Å². The molecule has 0 bridgehead atoms. The molecule has 0 aliphatic heterocycles. The van der Waals surface area contributed by atoms with Gasteiger partial charge >= 0.3 is 0 Å². The standard InChI is InChI=1S/C38H70O3/c1-3-5-7-9-11-13-15-17-19-21-23-25-27-29-31-33-35-39-37-41-38-40-36-34-32-30-28-26-24-22-20-18-16-14-12-10-8-6-4-2/h9-12,29-32H,3-8,13-28,33-38H2,1-2H3/b11-9-,12-10-,31-29+,32-30+. The van der Waals surface area contributed by atoms with Gasteiger partial charge in [0, 0.05) is 0 Å². The fourth-order valence-corrected chi connectivity index (χ4v) is 4.62. The van der Waals surface area contributed by atoms with Gasteiger partial charge in [-0.15, -0.1) is 0 Å². The number of unbranched alkanes of at least 4 members (excludes halogenated alkanes) is 18. The highest BCUT2D eigenvalue weighted by molar-refractivity contribution is 4.83. The summed E-state index contributed by atoms with van der Waals surface area (Å²) in [6.45, 7) is 6.56. The zero-order valence-electron chi connectivity index (χ0n) is 27.6. The van der Waals surface area contributed by atoms with Crippen molar-refractivity contribution in [1.29, 1.82) is 0 Å². The first-order valence-corrected chi connectivity index (χ1v) is 17.7. The molecule has 0 spiro atoms. The molecular weight excluding hydrogens is 504 g/mol. The minimum atomic E-state index is 0.313. The summed E-state index contributed by atoms with van der Waals surface area (Å²) in [4.78, 5) is 0. The van der Waals surface area contributed by atoms with Crippen molar-refractivity contribution in [3.05, 3.63) is 48.6 Å². The number of allylic oxidation sites excluding steroid dienone is 6. The van der Waals surface area contributed by atoms with Gasteiger partial charge in [-0.05, 0) is 77.0 Å². The lowest BCUT2D eigenvalue weighted by molar-refractivity contribution is -0.129. The lowest BCUT2D eigenvalue weighted by atomic mass is 10.1. The molecule has 0 atom stereocenters. The average Bonchev–Trinajstić information content (AvgIpc) is 2.98. The summed E-state index contributed by atoms with van der Waals surface area (Å²) in [6, 6.07) is 0. The Balaban J connectivity index is 3.17. The number of hydrogen-bond donors (Lipinski definition) is 0. The summed E-state index contributed by atoms with van der Waals surface area (Å²) in [5, 5.41) is 0. The van der Waals surface area contributed by atoms with E-state index in [1.54, 1.807) is 0 Å². The van der Waals surface area contributed by atoms with Gasteiger partial charge in [0.15, 0.2) is 0 Å². The van der Waals surface area contributed by atoms with Gasteiger partial charge in [-0.1, -0.05) is 140 Å². The van der Waals surface area contributed by atoms with Crippen molar-refractivity contribution >= 4 is 0 Å². The van der Waals surface area contributed by atoms with Crippen LogP contribution in [0, 0.1) is 0 Å². The van der Waals surface area contributed by atoms with Crippen LogP contribution < -0.4 is 0 Å². The largest absolute Gasteiger partial charge is 0.355 e. The smallest absolute Gasteiger partial charge is 0.149 e. The zero-order valence-corrected chi connectivity index (χ0v) is 27.6. The molecule has 0 aromatic rings. The Morgan fingerprint density at radius 1 is 0.293 bits per heavy atom. The van der Waals surface area contributed by atoms with Crippen molar-refractivity contribution in [1.82, 2.24) is 0 Å². The number of hydrogen-bond acceptors (Lipinski definition) is 3. The maximum atomic E-state index is 5.51. The third-order valence-electron chi connectivity index (χ3n) is 7.29. The van der Waals surface area contributed by atoms with Gasteiger partial charge in [0.2, 0.25) is 0 Å². The van der Waals surface area contributed by atoms with E-state index < -0.39 is 0 Å². The Morgan fingerprint density at radius 3 is 0.878 bits per heavy atom. The van der Waals surface area contributed by atoms with Crippen LogP contribution in [-0.2, 0) is 14.2 Å². The highest BCUT2D eigenvalue weighted by Crippen LogP contribution is 2.11. The van der Waals surface area contributed by atoms with E-state index in [1.807, 2.05) is 0 Å². The molecule has 0 N–H and O–H groups in total. The molecule has 0 heterocycles. The van der Waals surface area contributed by atoms with Crippen LogP contribution in [0.5, 0.6) is 0 Å². The lowest BCUT2D eigenvalue weighted by Crippen LogP contribution is -2.05. The maximum Gasteiger partial charge on any atom is 0.149 e. The minimum Gasteiger partial charge on any atom is -0.355 e. The molecule has 240 valence electrons. The van der Waals surface area contributed by atoms with E-state index in [1.165, 1.54) is 141 Å². The Bertz CT molecular complexity index is 528. The van der Waals surface area contributed by atoms with E-state index in [0.29, 0.717) is 26.8 Å². The Morgan fingerprint density at radius 2 is 0.561 bits per heavy atom. The highest BCUT2D eigenvalue weighted by Gasteiger charge is 1.93. The third-order valence-corrected chi connectivity index (χ3v) is 7.29. The topological polar surface area (TPSA) is 27.7 Å². The molecule has 0 aromatic heterocycles. The summed E-state index contributed by atoms with van der Waals surface area (Å²) in [6.07, 6.45) is 49.5. The SMILES string of the molecule is CCCC/C=C\CCCCCCCC/C=C/CCOCOCOCC/C=C/CCCCCCCC/C=C\CCCC. The van der Waals surface area contributed by atoms with Crippen LogP contribution in [0.2, 0.25) is 0 Å². The number of ether oxygens (including phenoxy) is 3. The molecule has 0 unspecified atom stereocenters. The van der Waals surface area contributed by atoms with Crippen LogP contribution in [0.4, 0.5) is 0 Å². The molecule has 3 heteroatoms. The van der Waals surface area contributed by atoms with Crippen LogP contribution in [0.3, 0.4) is 0 Å². The predicted octanol–water partition coefficient (Wildman–Crippen LogP) is 12.6. The van der Waals surface area contributed by atoms with Crippen molar-refractivity contribution in [2.24, 2.45) is 0 Å². The molecule has 0 rings (SSSR count). The Hall–Kier alpha value is -1.16. The molecule has 0 aliphatic carbocycles. The van der Waals surface area contributed by atoms with Crippen LogP contribution in [-0.4, -0.2) is 26.8 Å². The van der Waals surface area contributed by atoms with Gasteiger partial charge in [0.25, 0.3) is 0 Å². The van der Waals surface area contributed by atoms with E-state index >= 15 is 0 Å². The van der Waals surface area contributed by atoms with Crippen LogP contribution in [0.15, 0.2) is 48.6 Å². The highest BCUT2D eigenvalue weighted by atomic mass is 16.7. The van der Waals surface area contributed by atoms with Gasteiger partial charge in [-0.2, -0.15) is 0 Å². The second-order valence-corrected chi connectivity index (χ2v) is 11.4. The fourth-order valence-electron chi connectivity index (χ4n) is 4.62. The Kier molecular flexibility index (Phi) is 37.7. The van der Waals surface area contributed by atoms with Crippen molar-refractivity contribution in [2.45, 2.75) is 168 Å². The molecule has 0 saturated carbocycles. The van der Waals surface area contributed by atoms with E-state index in [2.05, 4.69) is 62.5 Å². The first-order chi connectivity index (χ1) is 20.4. The molecule has 0 amide bonds. The monoisotopic (exact) mass is 575 g/mol. The molecule has 0 saturated heterocycles. The van der Waals surface area contributed by atoms with Gasteiger partial charge in [0.05, 0.1) is 13.2 Å². The second-order valence-electron chi connectivity index (χ2n) is 11.4. The molecule has 3 nitrogen and oxygen atoms in total. The number of rotatable bonds is 34. The molecule has 0 aliphatic rings. The fraction of sp³-hybridized carbons (Fsp3) is 0.789. The van der Waals surface area contributed by atoms with Gasteiger partial charge in [-0.25, -0.2) is 0 Å². The Labute approximate surface area is 257 Å². The maximum absolute atomic E-state index is 5.51. The normalized spacial score (nSPS) is 12.3. The molecule has 0 fully saturated rings. The van der Waals surface area contributed by atoms with Gasteiger partial charge < -0.3 is 14.2 Å². The summed E-state index contributed by atoms with van der Waals surface area (Å²) in [5.74, 6) is 0. The minimum absolute atomic E-state index is 0.313. The quantitative estimate of drug-likeness (QED) is 0.0434. The lowest BCUT2D eigenvalue weighted by Gasteiger charge is -2.05. The predicted molar refractivity (Wildman–Crippen MR) is 181 cm³/mol. The summed E-state index contributed by atoms with van der Waals surface area (Å²) < 4.78 is 16.4. The van der Waals surface area contributed by atoms with Gasteiger partial charge in [-0.3, -0.25) is 0 Å². The van der Waals surface area contributed by atoms with Crippen LogP contribution in [0.25, 0.3) is 0 Å². The van der Waals surface area contributed by atoms with Crippen molar-refractivity contribution in [3.63, 3.8) is 0 Å². The van der Waals surface area contributed by atoms with Gasteiger partial charge in [0.1, 0.15) is 13.6 Å². The summed E-state index contributed by atoms with van der Waals surface area (Å²) in [7, 11) is 0. The summed E-state index contributed by atoms with van der Waals surface area (Å²) >= 11 is 0.